The molecular formula is C16H25NO. The lowest BCUT2D eigenvalue weighted by Crippen LogP contribution is -2.19. The molecule has 1 aromatic carbocycles. The summed E-state index contributed by atoms with van der Waals surface area (Å²) in [5.74, 6) is 0. The molecule has 18 heavy (non-hydrogen) atoms. The predicted molar refractivity (Wildman–Crippen MR) is 77.4 cm³/mol. The van der Waals surface area contributed by atoms with Crippen molar-refractivity contribution in [2.24, 2.45) is 5.73 Å². The van der Waals surface area contributed by atoms with Gasteiger partial charge >= 0.3 is 0 Å². The van der Waals surface area contributed by atoms with Gasteiger partial charge in [-0.2, -0.15) is 0 Å². The average molecular weight is 247 g/mol. The molecule has 0 saturated heterocycles. The molecule has 0 aliphatic heterocycles. The third kappa shape index (κ3) is 7.25. The molecular weight excluding hydrogens is 222 g/mol. The molecule has 0 radical (unpaired) electrons. The van der Waals surface area contributed by atoms with Crippen molar-refractivity contribution < 1.29 is 4.74 Å². The zero-order valence-corrected chi connectivity index (χ0v) is 11.4. The molecule has 0 saturated carbocycles. The van der Waals surface area contributed by atoms with E-state index in [0.29, 0.717) is 6.61 Å². The van der Waals surface area contributed by atoms with E-state index in [4.69, 9.17) is 10.5 Å². The molecule has 0 aromatic heterocycles. The van der Waals surface area contributed by atoms with E-state index < -0.39 is 0 Å². The Morgan fingerprint density at radius 3 is 2.67 bits per heavy atom. The van der Waals surface area contributed by atoms with E-state index in [1.54, 1.807) is 0 Å². The fourth-order valence-corrected chi connectivity index (χ4v) is 1.92. The number of rotatable bonds is 9. The monoisotopic (exact) mass is 247 g/mol. The van der Waals surface area contributed by atoms with Gasteiger partial charge in [0.1, 0.15) is 0 Å². The van der Waals surface area contributed by atoms with Crippen LogP contribution in [-0.4, -0.2) is 12.6 Å². The normalized spacial score (nSPS) is 12.3. The third-order valence-corrected chi connectivity index (χ3v) is 2.84. The second-order valence-electron chi connectivity index (χ2n) is 4.96. The highest BCUT2D eigenvalue weighted by atomic mass is 16.5. The van der Waals surface area contributed by atoms with Gasteiger partial charge in [-0.3, -0.25) is 0 Å². The minimum Gasteiger partial charge on any atom is -0.377 e. The van der Waals surface area contributed by atoms with E-state index in [1.807, 2.05) is 25.1 Å². The maximum Gasteiger partial charge on any atom is 0.0716 e. The van der Waals surface area contributed by atoms with Crippen LogP contribution in [0.5, 0.6) is 0 Å². The Morgan fingerprint density at radius 2 is 2.00 bits per heavy atom. The Hall–Kier alpha value is -1.12. The Balaban J connectivity index is 1.97. The highest BCUT2D eigenvalue weighted by Gasteiger charge is 2.02. The van der Waals surface area contributed by atoms with E-state index in [1.165, 1.54) is 11.1 Å². The molecule has 0 spiro atoms. The summed E-state index contributed by atoms with van der Waals surface area (Å²) >= 11 is 0. The first-order valence-corrected chi connectivity index (χ1v) is 6.70. The van der Waals surface area contributed by atoms with Crippen LogP contribution < -0.4 is 5.73 Å². The number of benzene rings is 1. The van der Waals surface area contributed by atoms with Crippen LogP contribution in [0.15, 0.2) is 42.5 Å². The molecule has 0 aliphatic rings. The molecule has 1 rings (SSSR count). The summed E-state index contributed by atoms with van der Waals surface area (Å²) in [6, 6.07) is 10.5. The first kappa shape index (κ1) is 14.9. The molecule has 2 heteroatoms. The molecule has 0 unspecified atom stereocenters. The van der Waals surface area contributed by atoms with Gasteiger partial charge in [0.2, 0.25) is 0 Å². The smallest absolute Gasteiger partial charge is 0.0716 e. The van der Waals surface area contributed by atoms with Crippen molar-refractivity contribution in [3.63, 3.8) is 0 Å². The summed E-state index contributed by atoms with van der Waals surface area (Å²) in [6.07, 6.45) is 4.20. The SMILES string of the molecule is C=C(C)C[C@@H](N)CCCCOCc1ccccc1. The van der Waals surface area contributed by atoms with Gasteiger partial charge in [0.05, 0.1) is 6.61 Å². The van der Waals surface area contributed by atoms with Crippen LogP contribution in [0, 0.1) is 0 Å². The molecule has 0 heterocycles. The molecule has 0 amide bonds. The average Bonchev–Trinajstić information content (AvgIpc) is 2.34. The lowest BCUT2D eigenvalue weighted by Gasteiger charge is -2.11. The highest BCUT2D eigenvalue weighted by Crippen LogP contribution is 2.08. The molecule has 100 valence electrons. The van der Waals surface area contributed by atoms with Crippen molar-refractivity contribution in [3.8, 4) is 0 Å². The molecule has 2 nitrogen and oxygen atoms in total. The maximum atomic E-state index is 5.98. The Morgan fingerprint density at radius 1 is 1.28 bits per heavy atom. The van der Waals surface area contributed by atoms with Crippen LogP contribution in [0.2, 0.25) is 0 Å². The van der Waals surface area contributed by atoms with Gasteiger partial charge in [-0.1, -0.05) is 35.9 Å². The second-order valence-corrected chi connectivity index (χ2v) is 4.96. The van der Waals surface area contributed by atoms with E-state index in [9.17, 15) is 0 Å². The first-order chi connectivity index (χ1) is 8.68. The first-order valence-electron chi connectivity index (χ1n) is 6.70. The van der Waals surface area contributed by atoms with E-state index >= 15 is 0 Å². The molecule has 1 aromatic rings. The summed E-state index contributed by atoms with van der Waals surface area (Å²) in [7, 11) is 0. The van der Waals surface area contributed by atoms with Gasteiger partial charge in [0.15, 0.2) is 0 Å². The number of unbranched alkanes of at least 4 members (excludes halogenated alkanes) is 1. The van der Waals surface area contributed by atoms with Crippen molar-refractivity contribution in [2.75, 3.05) is 6.61 Å². The van der Waals surface area contributed by atoms with E-state index in [2.05, 4.69) is 18.7 Å². The number of ether oxygens (including phenoxy) is 1. The molecule has 0 bridgehead atoms. The quantitative estimate of drug-likeness (QED) is 0.534. The van der Waals surface area contributed by atoms with Crippen LogP contribution in [0.1, 0.15) is 38.2 Å². The molecule has 0 aliphatic carbocycles. The second kappa shape index (κ2) is 8.90. The summed E-state index contributed by atoms with van der Waals surface area (Å²) in [5.41, 5.74) is 8.38. The minimum absolute atomic E-state index is 0.261. The van der Waals surface area contributed by atoms with Crippen molar-refractivity contribution in [1.29, 1.82) is 0 Å². The van der Waals surface area contributed by atoms with E-state index in [0.717, 1.165) is 32.3 Å². The number of hydrogen-bond acceptors (Lipinski definition) is 2. The van der Waals surface area contributed by atoms with Gasteiger partial charge in [0, 0.05) is 12.6 Å². The van der Waals surface area contributed by atoms with Crippen LogP contribution in [0.4, 0.5) is 0 Å². The lowest BCUT2D eigenvalue weighted by molar-refractivity contribution is 0.116. The maximum absolute atomic E-state index is 5.98. The van der Waals surface area contributed by atoms with E-state index in [-0.39, 0.29) is 6.04 Å². The van der Waals surface area contributed by atoms with Crippen molar-refractivity contribution in [1.82, 2.24) is 0 Å². The Kier molecular flexibility index (Phi) is 7.38. The third-order valence-electron chi connectivity index (χ3n) is 2.84. The lowest BCUT2D eigenvalue weighted by atomic mass is 10.0. The summed E-state index contributed by atoms with van der Waals surface area (Å²) in [4.78, 5) is 0. The standard InChI is InChI=1S/C16H25NO/c1-14(2)12-16(17)10-6-7-11-18-13-15-8-4-3-5-9-15/h3-5,8-9,16H,1,6-7,10-13,17H2,2H3/t16-/m0/s1. The largest absolute Gasteiger partial charge is 0.377 e. The summed E-state index contributed by atoms with van der Waals surface area (Å²) < 4.78 is 5.62. The zero-order valence-electron chi connectivity index (χ0n) is 11.4. The van der Waals surface area contributed by atoms with Crippen molar-refractivity contribution in [2.45, 2.75) is 45.3 Å². The van der Waals surface area contributed by atoms with Crippen LogP contribution >= 0.6 is 0 Å². The van der Waals surface area contributed by atoms with Gasteiger partial charge in [-0.25, -0.2) is 0 Å². The molecule has 1 atom stereocenters. The van der Waals surface area contributed by atoms with Gasteiger partial charge in [-0.15, -0.1) is 6.58 Å². The Labute approximate surface area is 111 Å². The highest BCUT2D eigenvalue weighted by molar-refractivity contribution is 5.13. The van der Waals surface area contributed by atoms with Crippen LogP contribution in [0.25, 0.3) is 0 Å². The predicted octanol–water partition coefficient (Wildman–Crippen LogP) is 3.67. The van der Waals surface area contributed by atoms with Crippen LogP contribution in [-0.2, 0) is 11.3 Å². The van der Waals surface area contributed by atoms with Crippen LogP contribution in [0.3, 0.4) is 0 Å². The van der Waals surface area contributed by atoms with Gasteiger partial charge in [0.25, 0.3) is 0 Å². The fourth-order valence-electron chi connectivity index (χ4n) is 1.92. The molecule has 0 fully saturated rings. The topological polar surface area (TPSA) is 35.2 Å². The number of hydrogen-bond donors (Lipinski definition) is 1. The zero-order chi connectivity index (χ0) is 13.2. The Bertz CT molecular complexity index is 334. The summed E-state index contributed by atoms with van der Waals surface area (Å²) in [6.45, 7) is 7.43. The minimum atomic E-state index is 0.261. The van der Waals surface area contributed by atoms with Gasteiger partial charge in [-0.05, 0) is 38.2 Å². The van der Waals surface area contributed by atoms with Crippen molar-refractivity contribution in [3.05, 3.63) is 48.0 Å². The van der Waals surface area contributed by atoms with Gasteiger partial charge < -0.3 is 10.5 Å². The fraction of sp³-hybridized carbons (Fsp3) is 0.500. The van der Waals surface area contributed by atoms with Crippen molar-refractivity contribution >= 4 is 0 Å². The number of nitrogens with two attached hydrogens (primary N) is 1. The summed E-state index contributed by atoms with van der Waals surface area (Å²) in [5, 5.41) is 0. The molecule has 2 N–H and O–H groups in total.